The number of ketones is 1. The first kappa shape index (κ1) is 16.1. The number of nitrogens with two attached hydrogens (primary N) is 1. The van der Waals surface area contributed by atoms with Crippen LogP contribution in [-0.2, 0) is 19.1 Å². The molecule has 1 aliphatic carbocycles. The van der Waals surface area contributed by atoms with Crippen LogP contribution < -0.4 is 10.5 Å². The lowest BCUT2D eigenvalue weighted by Gasteiger charge is -2.32. The molecule has 0 bridgehead atoms. The summed E-state index contributed by atoms with van der Waals surface area (Å²) in [6, 6.07) is 7.20. The van der Waals surface area contributed by atoms with Gasteiger partial charge in [-0.2, -0.15) is 0 Å². The van der Waals surface area contributed by atoms with Crippen molar-refractivity contribution in [3.05, 3.63) is 52.6 Å². The molecule has 1 heterocycles. The number of benzene rings is 1. The summed E-state index contributed by atoms with van der Waals surface area (Å²) in [5, 5.41) is 0. The molecule has 126 valence electrons. The van der Waals surface area contributed by atoms with E-state index in [1.54, 1.807) is 19.2 Å². The fourth-order valence-corrected chi connectivity index (χ4v) is 3.19. The van der Waals surface area contributed by atoms with E-state index >= 15 is 0 Å². The third-order valence-corrected chi connectivity index (χ3v) is 4.34. The Hall–Kier alpha value is -2.76. The van der Waals surface area contributed by atoms with Gasteiger partial charge in [0.2, 0.25) is 5.88 Å². The summed E-state index contributed by atoms with van der Waals surface area (Å²) in [7, 11) is 2.85. The normalized spacial score (nSPS) is 20.4. The quantitative estimate of drug-likeness (QED) is 0.855. The Morgan fingerprint density at radius 3 is 2.54 bits per heavy atom. The van der Waals surface area contributed by atoms with E-state index in [1.807, 2.05) is 12.1 Å². The van der Waals surface area contributed by atoms with Crippen molar-refractivity contribution in [1.29, 1.82) is 0 Å². The number of hydrogen-bond donors (Lipinski definition) is 1. The average Bonchev–Trinajstić information content (AvgIpc) is 2.60. The highest BCUT2D eigenvalue weighted by Crippen LogP contribution is 2.44. The molecule has 6 nitrogen and oxygen atoms in total. The summed E-state index contributed by atoms with van der Waals surface area (Å²) in [5.41, 5.74) is 7.41. The molecule has 0 spiro atoms. The highest BCUT2D eigenvalue weighted by atomic mass is 16.5. The van der Waals surface area contributed by atoms with Crippen molar-refractivity contribution in [3.63, 3.8) is 0 Å². The van der Waals surface area contributed by atoms with Crippen molar-refractivity contribution < 1.29 is 23.8 Å². The molecule has 0 radical (unpaired) electrons. The van der Waals surface area contributed by atoms with Gasteiger partial charge in [-0.1, -0.05) is 12.1 Å². The van der Waals surface area contributed by atoms with Gasteiger partial charge in [-0.3, -0.25) is 4.79 Å². The van der Waals surface area contributed by atoms with Crippen molar-refractivity contribution in [2.24, 2.45) is 5.73 Å². The fraction of sp³-hybridized carbons (Fsp3) is 0.333. The van der Waals surface area contributed by atoms with Gasteiger partial charge < -0.3 is 19.9 Å². The van der Waals surface area contributed by atoms with Gasteiger partial charge in [-0.05, 0) is 24.1 Å². The number of carbonyl (C=O) groups excluding carboxylic acids is 2. The van der Waals surface area contributed by atoms with E-state index in [4.69, 9.17) is 19.9 Å². The van der Waals surface area contributed by atoms with Crippen LogP contribution in [0.3, 0.4) is 0 Å². The molecule has 6 heteroatoms. The summed E-state index contributed by atoms with van der Waals surface area (Å²) < 4.78 is 15.6. The van der Waals surface area contributed by atoms with Crippen LogP contribution in [0, 0.1) is 0 Å². The molecule has 2 N–H and O–H groups in total. The van der Waals surface area contributed by atoms with Gasteiger partial charge in [0, 0.05) is 18.4 Å². The number of ether oxygens (including phenoxy) is 3. The van der Waals surface area contributed by atoms with E-state index in [0.29, 0.717) is 36.3 Å². The average molecular weight is 329 g/mol. The predicted molar refractivity (Wildman–Crippen MR) is 85.9 cm³/mol. The number of allylic oxidation sites excluding steroid dienone is 2. The second-order valence-corrected chi connectivity index (χ2v) is 5.69. The second-order valence-electron chi connectivity index (χ2n) is 5.69. The number of hydrogen-bond acceptors (Lipinski definition) is 6. The molecule has 0 amide bonds. The molecule has 1 aromatic rings. The van der Waals surface area contributed by atoms with Crippen LogP contribution in [0.4, 0.5) is 0 Å². The van der Waals surface area contributed by atoms with Crippen LogP contribution in [0.5, 0.6) is 5.75 Å². The van der Waals surface area contributed by atoms with Crippen LogP contribution >= 0.6 is 0 Å². The van der Waals surface area contributed by atoms with Crippen LogP contribution in [-0.4, -0.2) is 26.0 Å². The molecule has 1 aromatic carbocycles. The predicted octanol–water partition coefficient (Wildman–Crippen LogP) is 2.16. The Bertz CT molecular complexity index is 745. The lowest BCUT2D eigenvalue weighted by atomic mass is 9.77. The number of carbonyl (C=O) groups is 2. The highest BCUT2D eigenvalue weighted by Gasteiger charge is 2.40. The second kappa shape index (κ2) is 6.39. The third kappa shape index (κ3) is 2.64. The first-order chi connectivity index (χ1) is 11.6. The fourth-order valence-electron chi connectivity index (χ4n) is 3.19. The molecule has 3 rings (SSSR count). The van der Waals surface area contributed by atoms with E-state index in [0.717, 1.165) is 5.56 Å². The van der Waals surface area contributed by atoms with E-state index < -0.39 is 11.9 Å². The van der Waals surface area contributed by atoms with Crippen molar-refractivity contribution in [1.82, 2.24) is 0 Å². The Labute approximate surface area is 139 Å². The van der Waals surface area contributed by atoms with Gasteiger partial charge in [-0.25, -0.2) is 4.79 Å². The zero-order valence-electron chi connectivity index (χ0n) is 13.6. The maximum atomic E-state index is 12.5. The van der Waals surface area contributed by atoms with E-state index in [2.05, 4.69) is 0 Å². The maximum absolute atomic E-state index is 12.5. The number of methoxy groups -OCH3 is 2. The molecule has 1 atom stereocenters. The Balaban J connectivity index is 2.15. The van der Waals surface area contributed by atoms with Crippen molar-refractivity contribution in [2.45, 2.75) is 25.2 Å². The third-order valence-electron chi connectivity index (χ3n) is 4.34. The minimum Gasteiger partial charge on any atom is -0.497 e. The van der Waals surface area contributed by atoms with Crippen molar-refractivity contribution in [3.8, 4) is 5.75 Å². The molecule has 1 aliphatic heterocycles. The highest BCUT2D eigenvalue weighted by molar-refractivity contribution is 6.03. The topological polar surface area (TPSA) is 87.9 Å². The van der Waals surface area contributed by atoms with Gasteiger partial charge in [0.1, 0.15) is 17.1 Å². The number of Topliss-reactive ketones (excluding diaryl/α,β-unsaturated/α-hetero) is 1. The zero-order chi connectivity index (χ0) is 17.3. The molecule has 0 saturated carbocycles. The molecule has 0 fully saturated rings. The van der Waals surface area contributed by atoms with Gasteiger partial charge in [0.25, 0.3) is 0 Å². The minimum absolute atomic E-state index is 0.00359. The molecule has 0 saturated heterocycles. The van der Waals surface area contributed by atoms with Gasteiger partial charge in [0.15, 0.2) is 5.78 Å². The molecule has 24 heavy (non-hydrogen) atoms. The van der Waals surface area contributed by atoms with Crippen LogP contribution in [0.25, 0.3) is 0 Å². The van der Waals surface area contributed by atoms with Crippen LogP contribution in [0.1, 0.15) is 30.7 Å². The lowest BCUT2D eigenvalue weighted by Crippen LogP contribution is -2.31. The first-order valence-corrected chi connectivity index (χ1v) is 7.72. The number of rotatable bonds is 3. The summed E-state index contributed by atoms with van der Waals surface area (Å²) in [5.74, 6) is 0.0315. The number of esters is 1. The summed E-state index contributed by atoms with van der Waals surface area (Å²) >= 11 is 0. The maximum Gasteiger partial charge on any atom is 0.340 e. The van der Waals surface area contributed by atoms with Gasteiger partial charge in [0.05, 0.1) is 20.1 Å². The Morgan fingerprint density at radius 1 is 1.21 bits per heavy atom. The zero-order valence-corrected chi connectivity index (χ0v) is 13.6. The summed E-state index contributed by atoms with van der Waals surface area (Å²) in [4.78, 5) is 24.8. The van der Waals surface area contributed by atoms with E-state index in [-0.39, 0.29) is 17.2 Å². The molecular formula is C18H19NO5. The van der Waals surface area contributed by atoms with Gasteiger partial charge >= 0.3 is 5.97 Å². The SMILES string of the molecule is COC(=O)C1=C(N)OC2=C(C(=O)CCC2)C1c1ccc(OC)cc1. The van der Waals surface area contributed by atoms with E-state index in [9.17, 15) is 9.59 Å². The van der Waals surface area contributed by atoms with E-state index in [1.165, 1.54) is 7.11 Å². The standard InChI is InChI=1S/C18H19NO5/c1-22-11-8-6-10(7-9-11)14-15-12(20)4-3-5-13(15)24-17(19)16(14)18(21)23-2/h6-9,14H,3-5,19H2,1-2H3. The Kier molecular flexibility index (Phi) is 4.29. The largest absolute Gasteiger partial charge is 0.497 e. The minimum atomic E-state index is -0.599. The lowest BCUT2D eigenvalue weighted by molar-refractivity contribution is -0.136. The molecular weight excluding hydrogens is 310 g/mol. The monoisotopic (exact) mass is 329 g/mol. The molecule has 0 aromatic heterocycles. The van der Waals surface area contributed by atoms with Gasteiger partial charge in [-0.15, -0.1) is 0 Å². The smallest absolute Gasteiger partial charge is 0.340 e. The summed E-state index contributed by atoms with van der Waals surface area (Å²) in [6.45, 7) is 0. The van der Waals surface area contributed by atoms with Crippen molar-refractivity contribution >= 4 is 11.8 Å². The van der Waals surface area contributed by atoms with Crippen LogP contribution in [0.15, 0.2) is 47.1 Å². The van der Waals surface area contributed by atoms with Crippen molar-refractivity contribution in [2.75, 3.05) is 14.2 Å². The summed E-state index contributed by atoms with van der Waals surface area (Å²) in [6.07, 6.45) is 1.78. The van der Waals surface area contributed by atoms with Crippen LogP contribution in [0.2, 0.25) is 0 Å². The molecule has 1 unspecified atom stereocenters. The Morgan fingerprint density at radius 2 is 1.92 bits per heavy atom. The molecule has 2 aliphatic rings. The first-order valence-electron chi connectivity index (χ1n) is 7.72.